The highest BCUT2D eigenvalue weighted by atomic mass is 19.1. The fourth-order valence-corrected chi connectivity index (χ4v) is 5.85. The molecule has 1 unspecified atom stereocenters. The summed E-state index contributed by atoms with van der Waals surface area (Å²) in [5.74, 6) is -2.53. The Morgan fingerprint density at radius 1 is 0.944 bits per heavy atom. The first-order chi connectivity index (χ1) is 17.3. The highest BCUT2D eigenvalue weighted by Crippen LogP contribution is 2.34. The number of carbonyl (C=O) groups is 5. The lowest BCUT2D eigenvalue weighted by molar-refractivity contribution is -0.136. The van der Waals surface area contributed by atoms with E-state index in [0.29, 0.717) is 25.6 Å². The lowest BCUT2D eigenvalue weighted by Crippen LogP contribution is -2.54. The third-order valence-corrected chi connectivity index (χ3v) is 8.00. The number of halogens is 1. The molecule has 1 aromatic rings. The monoisotopic (exact) mass is 498 g/mol. The number of imide groups is 2. The number of nitrogens with zero attached hydrogens (tertiary/aromatic N) is 2. The molecule has 2 N–H and O–H groups in total. The molecule has 3 heterocycles. The second-order valence-electron chi connectivity index (χ2n) is 10.3. The van der Waals surface area contributed by atoms with E-state index in [9.17, 15) is 24.0 Å². The molecule has 10 heteroatoms. The van der Waals surface area contributed by atoms with E-state index < -0.39 is 35.5 Å². The predicted molar refractivity (Wildman–Crippen MR) is 128 cm³/mol. The van der Waals surface area contributed by atoms with Crippen molar-refractivity contribution in [3.63, 3.8) is 0 Å². The van der Waals surface area contributed by atoms with Crippen LogP contribution in [0, 0.1) is 17.7 Å². The van der Waals surface area contributed by atoms with Gasteiger partial charge in [0, 0.05) is 32.0 Å². The number of benzene rings is 1. The van der Waals surface area contributed by atoms with Crippen LogP contribution in [0.2, 0.25) is 0 Å². The summed E-state index contributed by atoms with van der Waals surface area (Å²) >= 11 is 0. The number of piperidine rings is 2. The van der Waals surface area contributed by atoms with Gasteiger partial charge in [0.2, 0.25) is 17.7 Å². The van der Waals surface area contributed by atoms with Crippen LogP contribution in [0.3, 0.4) is 0 Å². The van der Waals surface area contributed by atoms with E-state index in [1.165, 1.54) is 12.5 Å². The Morgan fingerprint density at radius 2 is 1.61 bits per heavy atom. The van der Waals surface area contributed by atoms with Crippen molar-refractivity contribution >= 4 is 35.2 Å². The van der Waals surface area contributed by atoms with Crippen molar-refractivity contribution in [3.05, 3.63) is 29.1 Å². The molecule has 192 valence electrons. The minimum atomic E-state index is -1.08. The molecule has 9 nitrogen and oxygen atoms in total. The average molecular weight is 499 g/mol. The topological polar surface area (TPSA) is 116 Å². The zero-order valence-electron chi connectivity index (χ0n) is 20.2. The second-order valence-corrected chi connectivity index (χ2v) is 10.3. The van der Waals surface area contributed by atoms with Gasteiger partial charge in [-0.2, -0.15) is 0 Å². The standard InChI is InChI=1S/C26H31FN4O5/c27-19-12-17-18(26(36)31(25(17)35)20-6-7-22(32)29-24(20)34)13-21(19)30-10-8-15(9-11-30)14-28-23(33)16-4-2-1-3-5-16/h12-13,15-16,20H,1-11,14H2,(H,28,33)(H,29,32,34). The number of nitrogens with one attached hydrogen (secondary N) is 2. The molecule has 3 aliphatic heterocycles. The molecule has 1 saturated carbocycles. The first kappa shape index (κ1) is 24.4. The van der Waals surface area contributed by atoms with Crippen LogP contribution in [0.1, 0.15) is 78.5 Å². The maximum Gasteiger partial charge on any atom is 0.262 e. The van der Waals surface area contributed by atoms with Crippen LogP contribution >= 0.6 is 0 Å². The molecular formula is C26H31FN4O5. The molecule has 0 aromatic heterocycles. The van der Waals surface area contributed by atoms with Crippen molar-refractivity contribution in [2.45, 2.75) is 63.8 Å². The van der Waals surface area contributed by atoms with Crippen molar-refractivity contribution in [2.75, 3.05) is 24.5 Å². The van der Waals surface area contributed by atoms with Gasteiger partial charge in [0.1, 0.15) is 11.9 Å². The van der Waals surface area contributed by atoms with Gasteiger partial charge in [-0.3, -0.25) is 34.2 Å². The molecule has 2 saturated heterocycles. The summed E-state index contributed by atoms with van der Waals surface area (Å²) < 4.78 is 15.1. The number of amides is 5. The highest BCUT2D eigenvalue weighted by molar-refractivity contribution is 6.23. The number of fused-ring (bicyclic) bond motifs is 1. The molecule has 1 aromatic carbocycles. The molecule has 5 rings (SSSR count). The molecular weight excluding hydrogens is 467 g/mol. The minimum Gasteiger partial charge on any atom is -0.369 e. The zero-order valence-corrected chi connectivity index (χ0v) is 20.2. The maximum atomic E-state index is 15.1. The summed E-state index contributed by atoms with van der Waals surface area (Å²) in [6, 6.07) is 1.40. The molecule has 0 radical (unpaired) electrons. The van der Waals surface area contributed by atoms with Crippen molar-refractivity contribution in [3.8, 4) is 0 Å². The fourth-order valence-electron chi connectivity index (χ4n) is 5.85. The fraction of sp³-hybridized carbons (Fsp3) is 0.577. The van der Waals surface area contributed by atoms with Crippen LogP contribution in [0.5, 0.6) is 0 Å². The van der Waals surface area contributed by atoms with E-state index in [-0.39, 0.29) is 41.5 Å². The molecule has 36 heavy (non-hydrogen) atoms. The Kier molecular flexibility index (Phi) is 6.77. The van der Waals surface area contributed by atoms with Crippen LogP contribution in [0.25, 0.3) is 0 Å². The average Bonchev–Trinajstić information content (AvgIpc) is 3.12. The molecule has 0 spiro atoms. The van der Waals surface area contributed by atoms with Gasteiger partial charge in [-0.15, -0.1) is 0 Å². The number of hydrogen-bond donors (Lipinski definition) is 2. The van der Waals surface area contributed by atoms with Gasteiger partial charge in [-0.1, -0.05) is 19.3 Å². The largest absolute Gasteiger partial charge is 0.369 e. The van der Waals surface area contributed by atoms with Crippen LogP contribution < -0.4 is 15.5 Å². The molecule has 1 atom stereocenters. The molecule has 0 bridgehead atoms. The predicted octanol–water partition coefficient (Wildman–Crippen LogP) is 2.14. The molecule has 3 fully saturated rings. The van der Waals surface area contributed by atoms with E-state index >= 15 is 4.39 Å². The Bertz CT molecular complexity index is 1110. The summed E-state index contributed by atoms with van der Waals surface area (Å²) in [6.45, 7) is 1.75. The minimum absolute atomic E-state index is 0.0273. The summed E-state index contributed by atoms with van der Waals surface area (Å²) in [4.78, 5) is 64.8. The third-order valence-electron chi connectivity index (χ3n) is 8.00. The van der Waals surface area contributed by atoms with Crippen molar-refractivity contribution in [1.82, 2.24) is 15.5 Å². The van der Waals surface area contributed by atoms with E-state index in [0.717, 1.165) is 49.5 Å². The van der Waals surface area contributed by atoms with Gasteiger partial charge in [0.05, 0.1) is 16.8 Å². The Balaban J connectivity index is 1.22. The first-order valence-corrected chi connectivity index (χ1v) is 12.9. The van der Waals surface area contributed by atoms with Crippen molar-refractivity contribution < 1.29 is 28.4 Å². The van der Waals surface area contributed by atoms with E-state index in [1.54, 1.807) is 0 Å². The molecule has 5 amide bonds. The molecule has 1 aliphatic carbocycles. The van der Waals surface area contributed by atoms with Crippen molar-refractivity contribution in [2.24, 2.45) is 11.8 Å². The van der Waals surface area contributed by atoms with Crippen LogP contribution in [-0.2, 0) is 14.4 Å². The number of hydrogen-bond acceptors (Lipinski definition) is 6. The summed E-state index contributed by atoms with van der Waals surface area (Å²) in [7, 11) is 0. The SMILES string of the molecule is O=C1CCC(N2C(=O)c3cc(F)c(N4CCC(CNC(=O)C5CCCCC5)CC4)cc3C2=O)C(=O)N1. The van der Waals surface area contributed by atoms with Gasteiger partial charge in [-0.05, 0) is 50.2 Å². The van der Waals surface area contributed by atoms with E-state index in [4.69, 9.17) is 0 Å². The number of rotatable bonds is 5. The first-order valence-electron chi connectivity index (χ1n) is 12.9. The Morgan fingerprint density at radius 3 is 2.28 bits per heavy atom. The summed E-state index contributed by atoms with van der Waals surface area (Å²) in [5.41, 5.74) is 0.263. The lowest BCUT2D eigenvalue weighted by atomic mass is 9.88. The Labute approximate surface area is 208 Å². The van der Waals surface area contributed by atoms with Gasteiger partial charge < -0.3 is 10.2 Å². The van der Waals surface area contributed by atoms with Crippen molar-refractivity contribution in [1.29, 1.82) is 0 Å². The van der Waals surface area contributed by atoms with Gasteiger partial charge >= 0.3 is 0 Å². The summed E-state index contributed by atoms with van der Waals surface area (Å²) in [5, 5.41) is 5.26. The normalized spacial score (nSPS) is 23.6. The lowest BCUT2D eigenvalue weighted by Gasteiger charge is -2.34. The van der Waals surface area contributed by atoms with Crippen LogP contribution in [0.15, 0.2) is 12.1 Å². The number of anilines is 1. The second kappa shape index (κ2) is 9.99. The zero-order chi connectivity index (χ0) is 25.4. The smallest absolute Gasteiger partial charge is 0.262 e. The maximum absolute atomic E-state index is 15.1. The van der Waals surface area contributed by atoms with Crippen LogP contribution in [-0.4, -0.2) is 60.1 Å². The summed E-state index contributed by atoms with van der Waals surface area (Å²) in [6.07, 6.45) is 6.98. The number of carbonyl (C=O) groups excluding carboxylic acids is 5. The highest BCUT2D eigenvalue weighted by Gasteiger charge is 2.45. The Hall–Kier alpha value is -3.30. The molecule has 4 aliphatic rings. The van der Waals surface area contributed by atoms with E-state index in [1.807, 2.05) is 4.90 Å². The van der Waals surface area contributed by atoms with Gasteiger partial charge in [0.15, 0.2) is 0 Å². The quantitative estimate of drug-likeness (QED) is 0.601. The van der Waals surface area contributed by atoms with Gasteiger partial charge in [-0.25, -0.2) is 4.39 Å². The third kappa shape index (κ3) is 4.60. The van der Waals surface area contributed by atoms with Crippen LogP contribution in [0.4, 0.5) is 10.1 Å². The van der Waals surface area contributed by atoms with E-state index in [2.05, 4.69) is 10.6 Å². The van der Waals surface area contributed by atoms with Gasteiger partial charge in [0.25, 0.3) is 11.8 Å².